The number of fused-ring (bicyclic) bond motifs is 6. The first kappa shape index (κ1) is 14.2. The second kappa shape index (κ2) is 4.90. The lowest BCUT2D eigenvalue weighted by atomic mass is 9.83. The van der Waals surface area contributed by atoms with Crippen molar-refractivity contribution < 1.29 is 14.9 Å². The molecule has 0 aromatic heterocycles. The average molecular weight is 328 g/mol. The van der Waals surface area contributed by atoms with E-state index >= 15 is 0 Å². The van der Waals surface area contributed by atoms with Crippen LogP contribution in [-0.4, -0.2) is 10.2 Å². The highest BCUT2D eigenvalue weighted by molar-refractivity contribution is 5.95. The summed E-state index contributed by atoms with van der Waals surface area (Å²) < 4.78 is 6.18. The van der Waals surface area contributed by atoms with Gasteiger partial charge in [-0.05, 0) is 57.9 Å². The number of phenolic OH excluding ortho intramolecular Hbond substituents is 2. The lowest BCUT2D eigenvalue weighted by Crippen LogP contribution is -2.08. The van der Waals surface area contributed by atoms with Gasteiger partial charge in [-0.25, -0.2) is 0 Å². The number of hydrogen-bond donors (Lipinski definition) is 2. The molecular weight excluding hydrogens is 312 g/mol. The molecule has 0 fully saturated rings. The molecule has 4 aromatic rings. The number of rotatable bonds is 0. The van der Waals surface area contributed by atoms with Gasteiger partial charge >= 0.3 is 0 Å². The van der Waals surface area contributed by atoms with Crippen molar-refractivity contribution in [3.63, 3.8) is 0 Å². The molecule has 0 saturated heterocycles. The van der Waals surface area contributed by atoms with E-state index in [4.69, 9.17) is 4.74 Å². The average Bonchev–Trinajstić information content (AvgIpc) is 2.60. The summed E-state index contributed by atoms with van der Waals surface area (Å²) in [5.41, 5.74) is 2.13. The summed E-state index contributed by atoms with van der Waals surface area (Å²) in [5, 5.41) is 24.0. The molecule has 0 atom stereocenters. The molecule has 0 radical (unpaired) electrons. The van der Waals surface area contributed by atoms with Crippen molar-refractivity contribution in [1.82, 2.24) is 0 Å². The van der Waals surface area contributed by atoms with Gasteiger partial charge in [0, 0.05) is 17.0 Å². The molecule has 0 aliphatic carbocycles. The minimum atomic E-state index is 0.0785. The van der Waals surface area contributed by atoms with E-state index < -0.39 is 0 Å². The van der Waals surface area contributed by atoms with Gasteiger partial charge in [0.2, 0.25) is 0 Å². The number of hydrogen-bond acceptors (Lipinski definition) is 3. The summed E-state index contributed by atoms with van der Waals surface area (Å²) in [6.07, 6.45) is 0. The van der Waals surface area contributed by atoms with Crippen LogP contribution in [0.1, 0.15) is 24.0 Å². The van der Waals surface area contributed by atoms with E-state index in [9.17, 15) is 10.2 Å². The Kier molecular flexibility index (Phi) is 2.78. The van der Waals surface area contributed by atoms with Crippen LogP contribution < -0.4 is 4.74 Å². The monoisotopic (exact) mass is 328 g/mol. The Hall–Kier alpha value is -3.20. The summed E-state index contributed by atoms with van der Waals surface area (Å²) in [4.78, 5) is 0. The normalized spacial score (nSPS) is 13.5. The Balaban J connectivity index is 1.85. The zero-order chi connectivity index (χ0) is 17.1. The molecule has 1 aliphatic heterocycles. The lowest BCUT2D eigenvalue weighted by molar-refractivity contribution is 0.452. The van der Waals surface area contributed by atoms with Crippen molar-refractivity contribution in [2.75, 3.05) is 0 Å². The Morgan fingerprint density at radius 1 is 0.680 bits per heavy atom. The zero-order valence-corrected chi connectivity index (χ0v) is 13.7. The first-order valence-corrected chi connectivity index (χ1v) is 8.31. The van der Waals surface area contributed by atoms with E-state index in [1.54, 1.807) is 24.3 Å². The van der Waals surface area contributed by atoms with Gasteiger partial charge in [-0.3, -0.25) is 0 Å². The Morgan fingerprint density at radius 2 is 1.12 bits per heavy atom. The smallest absolute Gasteiger partial charge is 0.131 e. The van der Waals surface area contributed by atoms with E-state index in [0.29, 0.717) is 0 Å². The van der Waals surface area contributed by atoms with Gasteiger partial charge in [0.15, 0.2) is 0 Å². The molecule has 1 aliphatic rings. The van der Waals surface area contributed by atoms with E-state index in [-0.39, 0.29) is 17.4 Å². The van der Waals surface area contributed by atoms with Crippen molar-refractivity contribution >= 4 is 21.5 Å². The number of aromatic hydroxyl groups is 2. The van der Waals surface area contributed by atoms with Crippen molar-refractivity contribution in [3.8, 4) is 23.0 Å². The zero-order valence-electron chi connectivity index (χ0n) is 13.7. The summed E-state index contributed by atoms with van der Waals surface area (Å²) in [6.45, 7) is 2.15. The third kappa shape index (κ3) is 1.99. The molecule has 4 aromatic carbocycles. The van der Waals surface area contributed by atoms with E-state index in [0.717, 1.165) is 44.2 Å². The fourth-order valence-corrected chi connectivity index (χ4v) is 3.96. The predicted octanol–water partition coefficient (Wildman–Crippen LogP) is 5.66. The minimum absolute atomic E-state index is 0.0785. The fourth-order valence-electron chi connectivity index (χ4n) is 3.96. The third-order valence-electron chi connectivity index (χ3n) is 5.10. The van der Waals surface area contributed by atoms with Gasteiger partial charge in [0.1, 0.15) is 23.0 Å². The van der Waals surface area contributed by atoms with Crippen LogP contribution in [0.15, 0.2) is 60.7 Å². The van der Waals surface area contributed by atoms with Gasteiger partial charge in [-0.1, -0.05) is 31.2 Å². The highest BCUT2D eigenvalue weighted by atomic mass is 16.5. The lowest BCUT2D eigenvalue weighted by Gasteiger charge is -2.28. The van der Waals surface area contributed by atoms with Crippen LogP contribution in [-0.2, 0) is 0 Å². The van der Waals surface area contributed by atoms with Crippen molar-refractivity contribution in [2.45, 2.75) is 12.8 Å². The molecule has 3 heteroatoms. The molecular formula is C22H16O3. The maximum atomic E-state index is 9.95. The quantitative estimate of drug-likeness (QED) is 0.438. The Labute approximate surface area is 144 Å². The Bertz CT molecular complexity index is 1070. The fraction of sp³-hybridized carbons (Fsp3) is 0.0909. The second-order valence-electron chi connectivity index (χ2n) is 6.59. The SMILES string of the molecule is CC1c2c(ccc3ccc(O)cc23)Oc2ccc3ccc(O)cc3c21. The predicted molar refractivity (Wildman–Crippen MR) is 98.8 cm³/mol. The minimum Gasteiger partial charge on any atom is -0.508 e. The summed E-state index contributed by atoms with van der Waals surface area (Å²) >= 11 is 0. The van der Waals surface area contributed by atoms with Gasteiger partial charge < -0.3 is 14.9 Å². The van der Waals surface area contributed by atoms with E-state index in [1.807, 2.05) is 36.4 Å². The molecule has 0 spiro atoms. The van der Waals surface area contributed by atoms with E-state index in [1.165, 1.54) is 0 Å². The highest BCUT2D eigenvalue weighted by Crippen LogP contribution is 2.49. The molecule has 0 unspecified atom stereocenters. The van der Waals surface area contributed by atoms with Gasteiger partial charge in [-0.15, -0.1) is 0 Å². The topological polar surface area (TPSA) is 49.7 Å². The number of benzene rings is 4. The standard InChI is InChI=1S/C22H16O3/c1-12-21-17-10-15(23)6-2-13(17)4-8-19(21)25-20-9-5-14-3-7-16(24)11-18(14)22(12)20/h2-12,23-24H,1H3. The molecule has 122 valence electrons. The molecule has 0 saturated carbocycles. The van der Waals surface area contributed by atoms with Crippen LogP contribution in [0.5, 0.6) is 23.0 Å². The summed E-state index contributed by atoms with van der Waals surface area (Å²) in [5.74, 6) is 2.20. The molecule has 2 N–H and O–H groups in total. The molecule has 0 amide bonds. The maximum absolute atomic E-state index is 9.95. The first-order valence-electron chi connectivity index (χ1n) is 8.31. The summed E-state index contributed by atoms with van der Waals surface area (Å²) in [7, 11) is 0. The van der Waals surface area contributed by atoms with Crippen molar-refractivity contribution in [1.29, 1.82) is 0 Å². The number of ether oxygens (including phenoxy) is 1. The highest BCUT2D eigenvalue weighted by Gasteiger charge is 2.28. The largest absolute Gasteiger partial charge is 0.508 e. The second-order valence-corrected chi connectivity index (χ2v) is 6.59. The van der Waals surface area contributed by atoms with Crippen LogP contribution in [0.3, 0.4) is 0 Å². The van der Waals surface area contributed by atoms with Gasteiger partial charge in [-0.2, -0.15) is 0 Å². The summed E-state index contributed by atoms with van der Waals surface area (Å²) in [6, 6.07) is 18.8. The first-order chi connectivity index (χ1) is 12.1. The van der Waals surface area contributed by atoms with Crippen molar-refractivity contribution in [3.05, 3.63) is 71.8 Å². The van der Waals surface area contributed by atoms with E-state index in [2.05, 4.69) is 6.92 Å². The van der Waals surface area contributed by atoms with Crippen molar-refractivity contribution in [2.24, 2.45) is 0 Å². The maximum Gasteiger partial charge on any atom is 0.131 e. The van der Waals surface area contributed by atoms with Crippen LogP contribution in [0, 0.1) is 0 Å². The van der Waals surface area contributed by atoms with Gasteiger partial charge in [0.05, 0.1) is 0 Å². The number of phenols is 2. The molecule has 25 heavy (non-hydrogen) atoms. The van der Waals surface area contributed by atoms with Crippen LogP contribution in [0.25, 0.3) is 21.5 Å². The third-order valence-corrected chi connectivity index (χ3v) is 5.10. The molecule has 0 bridgehead atoms. The van der Waals surface area contributed by atoms with Crippen LogP contribution >= 0.6 is 0 Å². The van der Waals surface area contributed by atoms with Crippen LogP contribution in [0.2, 0.25) is 0 Å². The molecule has 1 heterocycles. The molecule has 3 nitrogen and oxygen atoms in total. The van der Waals surface area contributed by atoms with Gasteiger partial charge in [0.25, 0.3) is 0 Å². The Morgan fingerprint density at radius 3 is 1.60 bits per heavy atom. The van der Waals surface area contributed by atoms with Crippen LogP contribution in [0.4, 0.5) is 0 Å². The molecule has 5 rings (SSSR count).